The molecule has 0 heterocycles. The van der Waals surface area contributed by atoms with Crippen LogP contribution in [0.15, 0.2) is 0 Å². The summed E-state index contributed by atoms with van der Waals surface area (Å²) in [5.74, 6) is -0.117. The number of esters is 1. The Bertz CT molecular complexity index is 214. The van der Waals surface area contributed by atoms with E-state index in [1.165, 1.54) is 14.0 Å². The lowest BCUT2D eigenvalue weighted by molar-refractivity contribution is -0.162. The van der Waals surface area contributed by atoms with Gasteiger partial charge in [0.25, 0.3) is 0 Å². The van der Waals surface area contributed by atoms with Crippen molar-refractivity contribution in [2.45, 2.75) is 39.3 Å². The minimum Gasteiger partial charge on any atom is -0.467 e. The first-order chi connectivity index (χ1) is 6.72. The standard InChI is InChI=1S/C11H23NO3/c1-8(2)9(3)12(5)7-11(4,14)10(13)15-6/h8-9,14H,7H2,1-6H3. The second-order valence-corrected chi connectivity index (χ2v) is 4.67. The molecule has 0 saturated carbocycles. The highest BCUT2D eigenvalue weighted by Crippen LogP contribution is 2.13. The summed E-state index contributed by atoms with van der Waals surface area (Å²) in [6, 6.07) is 0.307. The van der Waals surface area contributed by atoms with Gasteiger partial charge in [-0.3, -0.25) is 4.90 Å². The number of carbonyl (C=O) groups excluding carboxylic acids is 1. The summed E-state index contributed by atoms with van der Waals surface area (Å²) in [7, 11) is 3.17. The third kappa shape index (κ3) is 4.18. The Kier molecular flexibility index (Phi) is 5.24. The Hall–Kier alpha value is -0.610. The second kappa shape index (κ2) is 5.47. The maximum atomic E-state index is 11.3. The molecule has 0 radical (unpaired) electrons. The molecule has 4 nitrogen and oxygen atoms in total. The highest BCUT2D eigenvalue weighted by atomic mass is 16.5. The molecular formula is C11H23NO3. The Labute approximate surface area is 92.2 Å². The van der Waals surface area contributed by atoms with Crippen LogP contribution in [-0.2, 0) is 9.53 Å². The molecule has 0 aliphatic heterocycles. The lowest BCUT2D eigenvalue weighted by Gasteiger charge is -2.32. The first-order valence-electron chi connectivity index (χ1n) is 5.23. The van der Waals surface area contributed by atoms with Crippen molar-refractivity contribution in [2.75, 3.05) is 20.7 Å². The number of carbonyl (C=O) groups is 1. The zero-order valence-corrected chi connectivity index (χ0v) is 10.6. The van der Waals surface area contributed by atoms with Crippen LogP contribution in [0.2, 0.25) is 0 Å². The Morgan fingerprint density at radius 3 is 2.27 bits per heavy atom. The first kappa shape index (κ1) is 14.4. The van der Waals surface area contributed by atoms with Gasteiger partial charge in [-0.1, -0.05) is 13.8 Å². The van der Waals surface area contributed by atoms with E-state index in [2.05, 4.69) is 25.5 Å². The molecule has 2 atom stereocenters. The van der Waals surface area contributed by atoms with Gasteiger partial charge >= 0.3 is 5.97 Å². The van der Waals surface area contributed by atoms with Gasteiger partial charge in [0.2, 0.25) is 0 Å². The number of rotatable bonds is 5. The largest absolute Gasteiger partial charge is 0.467 e. The summed E-state index contributed by atoms with van der Waals surface area (Å²) < 4.78 is 4.54. The van der Waals surface area contributed by atoms with Crippen LogP contribution in [0, 0.1) is 5.92 Å². The first-order valence-corrected chi connectivity index (χ1v) is 5.23. The van der Waals surface area contributed by atoms with Crippen molar-refractivity contribution >= 4 is 5.97 Å². The number of ether oxygens (including phenoxy) is 1. The number of methoxy groups -OCH3 is 1. The molecule has 1 N–H and O–H groups in total. The number of aliphatic hydroxyl groups is 1. The average molecular weight is 217 g/mol. The van der Waals surface area contributed by atoms with Gasteiger partial charge in [-0.25, -0.2) is 4.79 Å². The maximum absolute atomic E-state index is 11.3. The van der Waals surface area contributed by atoms with Crippen molar-refractivity contribution in [3.8, 4) is 0 Å². The SMILES string of the molecule is COC(=O)C(C)(O)CN(C)C(C)C(C)C. The normalized spacial score (nSPS) is 17.7. The predicted octanol–water partition coefficient (Wildman–Crippen LogP) is 0.887. The van der Waals surface area contributed by atoms with Crippen LogP contribution < -0.4 is 0 Å². The van der Waals surface area contributed by atoms with E-state index in [1.807, 2.05) is 11.9 Å². The van der Waals surface area contributed by atoms with E-state index in [-0.39, 0.29) is 6.54 Å². The lowest BCUT2D eigenvalue weighted by Crippen LogP contribution is -2.49. The fourth-order valence-corrected chi connectivity index (χ4v) is 1.42. The summed E-state index contributed by atoms with van der Waals surface area (Å²) in [6.45, 7) is 8.03. The van der Waals surface area contributed by atoms with Crippen LogP contribution >= 0.6 is 0 Å². The van der Waals surface area contributed by atoms with Crippen molar-refractivity contribution in [1.82, 2.24) is 4.90 Å². The summed E-state index contributed by atoms with van der Waals surface area (Å²) in [5, 5.41) is 9.87. The molecule has 0 aliphatic carbocycles. The number of hydrogen-bond acceptors (Lipinski definition) is 4. The van der Waals surface area contributed by atoms with Gasteiger partial charge in [0.15, 0.2) is 5.60 Å². The molecule has 0 bridgehead atoms. The zero-order valence-electron chi connectivity index (χ0n) is 10.6. The van der Waals surface area contributed by atoms with E-state index in [0.29, 0.717) is 12.0 Å². The number of hydrogen-bond donors (Lipinski definition) is 1. The predicted molar refractivity (Wildman–Crippen MR) is 59.6 cm³/mol. The molecular weight excluding hydrogens is 194 g/mol. The molecule has 0 aromatic rings. The number of likely N-dealkylation sites (N-methyl/N-ethyl adjacent to an activating group) is 1. The smallest absolute Gasteiger partial charge is 0.338 e. The molecule has 2 unspecified atom stereocenters. The molecule has 0 amide bonds. The fourth-order valence-electron chi connectivity index (χ4n) is 1.42. The van der Waals surface area contributed by atoms with Crippen molar-refractivity contribution in [1.29, 1.82) is 0 Å². The van der Waals surface area contributed by atoms with Crippen LogP contribution in [0.1, 0.15) is 27.7 Å². The fraction of sp³-hybridized carbons (Fsp3) is 0.909. The lowest BCUT2D eigenvalue weighted by atomic mass is 10.0. The molecule has 0 fully saturated rings. The molecule has 15 heavy (non-hydrogen) atoms. The number of nitrogens with zero attached hydrogens (tertiary/aromatic N) is 1. The highest BCUT2D eigenvalue weighted by molar-refractivity contribution is 5.78. The van der Waals surface area contributed by atoms with Crippen molar-refractivity contribution < 1.29 is 14.6 Å². The molecule has 0 aromatic carbocycles. The second-order valence-electron chi connectivity index (χ2n) is 4.67. The third-order valence-corrected chi connectivity index (χ3v) is 2.84. The highest BCUT2D eigenvalue weighted by Gasteiger charge is 2.34. The van der Waals surface area contributed by atoms with Crippen molar-refractivity contribution in [2.24, 2.45) is 5.92 Å². The minimum atomic E-state index is -1.44. The van der Waals surface area contributed by atoms with Crippen LogP contribution in [-0.4, -0.2) is 48.3 Å². The summed E-state index contributed by atoms with van der Waals surface area (Å²) in [5.41, 5.74) is -1.44. The molecule has 0 aliphatic rings. The topological polar surface area (TPSA) is 49.8 Å². The summed E-state index contributed by atoms with van der Waals surface area (Å²) >= 11 is 0. The van der Waals surface area contributed by atoms with Gasteiger partial charge in [0.05, 0.1) is 7.11 Å². The van der Waals surface area contributed by atoms with Crippen LogP contribution in [0.25, 0.3) is 0 Å². The maximum Gasteiger partial charge on any atom is 0.338 e. The molecule has 0 saturated heterocycles. The van der Waals surface area contributed by atoms with E-state index in [1.54, 1.807) is 0 Å². The van der Waals surface area contributed by atoms with Gasteiger partial charge in [0, 0.05) is 12.6 Å². The van der Waals surface area contributed by atoms with Gasteiger partial charge < -0.3 is 9.84 Å². The van der Waals surface area contributed by atoms with Gasteiger partial charge in [-0.05, 0) is 26.8 Å². The Morgan fingerprint density at radius 2 is 1.93 bits per heavy atom. The van der Waals surface area contributed by atoms with Gasteiger partial charge in [-0.15, -0.1) is 0 Å². The molecule has 0 spiro atoms. The zero-order chi connectivity index (χ0) is 12.2. The summed E-state index contributed by atoms with van der Waals surface area (Å²) in [4.78, 5) is 13.2. The van der Waals surface area contributed by atoms with Crippen LogP contribution in [0.4, 0.5) is 0 Å². The van der Waals surface area contributed by atoms with Crippen LogP contribution in [0.5, 0.6) is 0 Å². The van der Waals surface area contributed by atoms with Crippen molar-refractivity contribution in [3.05, 3.63) is 0 Å². The van der Waals surface area contributed by atoms with E-state index in [0.717, 1.165) is 0 Å². The van der Waals surface area contributed by atoms with Gasteiger partial charge in [0.1, 0.15) is 0 Å². The van der Waals surface area contributed by atoms with Crippen LogP contribution in [0.3, 0.4) is 0 Å². The molecule has 90 valence electrons. The van der Waals surface area contributed by atoms with Crippen molar-refractivity contribution in [3.63, 3.8) is 0 Å². The molecule has 4 heteroatoms. The summed E-state index contributed by atoms with van der Waals surface area (Å²) in [6.07, 6.45) is 0. The van der Waals surface area contributed by atoms with E-state index < -0.39 is 11.6 Å². The van der Waals surface area contributed by atoms with E-state index in [9.17, 15) is 9.90 Å². The quantitative estimate of drug-likeness (QED) is 0.695. The monoisotopic (exact) mass is 217 g/mol. The van der Waals surface area contributed by atoms with Gasteiger partial charge in [-0.2, -0.15) is 0 Å². The minimum absolute atomic E-state index is 0.277. The molecule has 0 rings (SSSR count). The Morgan fingerprint density at radius 1 is 1.47 bits per heavy atom. The van der Waals surface area contributed by atoms with E-state index >= 15 is 0 Å². The molecule has 0 aromatic heterocycles. The average Bonchev–Trinajstić information content (AvgIpc) is 2.14. The third-order valence-electron chi connectivity index (χ3n) is 2.84. The van der Waals surface area contributed by atoms with E-state index in [4.69, 9.17) is 0 Å². The Balaban J connectivity index is 4.39.